The maximum atomic E-state index is 10.4. The minimum atomic E-state index is -0.715. The molecule has 15 heavy (non-hydrogen) atoms. The zero-order valence-corrected chi connectivity index (χ0v) is 10.6. The number of hydrogen-bond acceptors (Lipinski definition) is 2. The summed E-state index contributed by atoms with van der Waals surface area (Å²) in [7, 11) is 1.92. The number of aromatic nitrogens is 2. The largest absolute Gasteiger partial charge is 0.389 e. The molecule has 86 valence electrons. The lowest BCUT2D eigenvalue weighted by Gasteiger charge is -2.37. The molecule has 1 rings (SSSR count). The molecule has 0 aliphatic rings. The monoisotopic (exact) mass is 210 g/mol. The van der Waals surface area contributed by atoms with Crippen LogP contribution < -0.4 is 0 Å². The van der Waals surface area contributed by atoms with Crippen molar-refractivity contribution in [3.05, 3.63) is 17.5 Å². The van der Waals surface area contributed by atoms with Crippen molar-refractivity contribution in [3.63, 3.8) is 0 Å². The number of aryl methyl sites for hydroxylation is 2. The quantitative estimate of drug-likeness (QED) is 0.811. The van der Waals surface area contributed by atoms with Gasteiger partial charge >= 0.3 is 0 Å². The lowest BCUT2D eigenvalue weighted by Crippen LogP contribution is -2.42. The van der Waals surface area contributed by atoms with E-state index in [1.165, 1.54) is 0 Å². The molecule has 0 aliphatic carbocycles. The summed E-state index contributed by atoms with van der Waals surface area (Å²) >= 11 is 0. The lowest BCUT2D eigenvalue weighted by molar-refractivity contribution is -0.0418. The first-order chi connectivity index (χ1) is 6.63. The normalized spacial score (nSPS) is 16.5. The first-order valence-electron chi connectivity index (χ1n) is 5.35. The highest BCUT2D eigenvalue weighted by Gasteiger charge is 2.36. The van der Waals surface area contributed by atoms with Gasteiger partial charge in [-0.15, -0.1) is 0 Å². The number of aliphatic hydroxyl groups is 1. The molecular formula is C12H22N2O. The van der Waals surface area contributed by atoms with Gasteiger partial charge in [0.1, 0.15) is 0 Å². The molecule has 1 atom stereocenters. The van der Waals surface area contributed by atoms with Gasteiger partial charge in [-0.3, -0.25) is 4.68 Å². The molecule has 3 heteroatoms. The van der Waals surface area contributed by atoms with E-state index < -0.39 is 5.60 Å². The van der Waals surface area contributed by atoms with Gasteiger partial charge in [-0.1, -0.05) is 20.8 Å². The molecule has 0 bridgehead atoms. The third-order valence-corrected chi connectivity index (χ3v) is 3.24. The van der Waals surface area contributed by atoms with E-state index in [4.69, 9.17) is 0 Å². The van der Waals surface area contributed by atoms with Gasteiger partial charge in [-0.25, -0.2) is 0 Å². The summed E-state index contributed by atoms with van der Waals surface area (Å²) in [6.45, 7) is 10.0. The molecule has 0 fully saturated rings. The minimum Gasteiger partial charge on any atom is -0.389 e. The van der Waals surface area contributed by atoms with Crippen LogP contribution in [-0.2, 0) is 13.5 Å². The van der Waals surface area contributed by atoms with E-state index in [0.717, 1.165) is 11.4 Å². The van der Waals surface area contributed by atoms with Crippen LogP contribution >= 0.6 is 0 Å². The molecule has 1 aromatic heterocycles. The molecule has 0 radical (unpaired) electrons. The fourth-order valence-corrected chi connectivity index (χ4v) is 1.45. The van der Waals surface area contributed by atoms with Crippen molar-refractivity contribution in [1.82, 2.24) is 9.78 Å². The Morgan fingerprint density at radius 1 is 1.33 bits per heavy atom. The zero-order chi connectivity index (χ0) is 11.9. The Morgan fingerprint density at radius 2 is 1.87 bits per heavy atom. The molecule has 1 unspecified atom stereocenters. The van der Waals surface area contributed by atoms with Crippen molar-refractivity contribution in [2.75, 3.05) is 0 Å². The standard InChI is InChI=1S/C12H22N2O/c1-9-7-10(14(6)13-9)8-12(5,15)11(2,3)4/h7,15H,8H2,1-6H3. The van der Waals surface area contributed by atoms with E-state index in [1.54, 1.807) is 0 Å². The average molecular weight is 210 g/mol. The molecule has 0 amide bonds. The summed E-state index contributed by atoms with van der Waals surface area (Å²) in [6, 6.07) is 2.03. The van der Waals surface area contributed by atoms with Crippen molar-refractivity contribution in [1.29, 1.82) is 0 Å². The van der Waals surface area contributed by atoms with Gasteiger partial charge in [0.05, 0.1) is 11.3 Å². The SMILES string of the molecule is Cc1cc(CC(C)(O)C(C)(C)C)n(C)n1. The van der Waals surface area contributed by atoms with Crippen molar-refractivity contribution in [2.45, 2.75) is 46.6 Å². The summed E-state index contributed by atoms with van der Waals surface area (Å²) in [6.07, 6.45) is 0.633. The first kappa shape index (κ1) is 12.2. The zero-order valence-electron chi connectivity index (χ0n) is 10.6. The van der Waals surface area contributed by atoms with E-state index in [2.05, 4.69) is 25.9 Å². The van der Waals surface area contributed by atoms with Gasteiger partial charge in [-0.05, 0) is 25.3 Å². The molecule has 0 aromatic carbocycles. The number of nitrogens with zero attached hydrogens (tertiary/aromatic N) is 2. The van der Waals surface area contributed by atoms with E-state index in [9.17, 15) is 5.11 Å². The summed E-state index contributed by atoms with van der Waals surface area (Å²) in [4.78, 5) is 0. The van der Waals surface area contributed by atoms with E-state index in [-0.39, 0.29) is 5.41 Å². The van der Waals surface area contributed by atoms with Gasteiger partial charge in [-0.2, -0.15) is 5.10 Å². The van der Waals surface area contributed by atoms with Crippen LogP contribution in [0.3, 0.4) is 0 Å². The van der Waals surface area contributed by atoms with Crippen molar-refractivity contribution in [3.8, 4) is 0 Å². The van der Waals surface area contributed by atoms with Crippen LogP contribution in [0.4, 0.5) is 0 Å². The van der Waals surface area contributed by atoms with E-state index in [0.29, 0.717) is 6.42 Å². The van der Waals surface area contributed by atoms with Gasteiger partial charge < -0.3 is 5.11 Å². The molecule has 0 saturated carbocycles. The Hall–Kier alpha value is -0.830. The fourth-order valence-electron chi connectivity index (χ4n) is 1.45. The third-order valence-electron chi connectivity index (χ3n) is 3.24. The van der Waals surface area contributed by atoms with Gasteiger partial charge in [0.2, 0.25) is 0 Å². The Labute approximate surface area is 92.1 Å². The second-order valence-electron chi connectivity index (χ2n) is 5.60. The maximum absolute atomic E-state index is 10.4. The predicted molar refractivity (Wildman–Crippen MR) is 61.7 cm³/mol. The Kier molecular flexibility index (Phi) is 2.97. The topological polar surface area (TPSA) is 38.0 Å². The van der Waals surface area contributed by atoms with Crippen LogP contribution in [0.15, 0.2) is 6.07 Å². The minimum absolute atomic E-state index is 0.134. The molecule has 0 spiro atoms. The highest BCUT2D eigenvalue weighted by molar-refractivity contribution is 5.12. The first-order valence-corrected chi connectivity index (χ1v) is 5.35. The maximum Gasteiger partial charge on any atom is 0.0722 e. The van der Waals surface area contributed by atoms with Gasteiger partial charge in [0.15, 0.2) is 0 Å². The molecule has 0 saturated heterocycles. The molecule has 3 nitrogen and oxygen atoms in total. The Balaban J connectivity index is 2.91. The fraction of sp³-hybridized carbons (Fsp3) is 0.750. The van der Waals surface area contributed by atoms with Crippen LogP contribution in [0, 0.1) is 12.3 Å². The molecule has 0 aliphatic heterocycles. The highest BCUT2D eigenvalue weighted by atomic mass is 16.3. The van der Waals surface area contributed by atoms with Crippen LogP contribution in [0.25, 0.3) is 0 Å². The van der Waals surface area contributed by atoms with E-state index in [1.807, 2.05) is 31.6 Å². The van der Waals surface area contributed by atoms with Crippen molar-refractivity contribution >= 4 is 0 Å². The Morgan fingerprint density at radius 3 is 2.20 bits per heavy atom. The Bertz CT molecular complexity index is 345. The van der Waals surface area contributed by atoms with Gasteiger partial charge in [0.25, 0.3) is 0 Å². The number of hydrogen-bond donors (Lipinski definition) is 1. The average Bonchev–Trinajstić information content (AvgIpc) is 2.26. The summed E-state index contributed by atoms with van der Waals surface area (Å²) in [5.74, 6) is 0. The second-order valence-corrected chi connectivity index (χ2v) is 5.60. The molecule has 1 aromatic rings. The summed E-state index contributed by atoms with van der Waals surface area (Å²) in [5.41, 5.74) is 1.22. The van der Waals surface area contributed by atoms with Crippen LogP contribution in [0.1, 0.15) is 39.1 Å². The summed E-state index contributed by atoms with van der Waals surface area (Å²) in [5, 5.41) is 14.7. The molecular weight excluding hydrogens is 188 g/mol. The smallest absolute Gasteiger partial charge is 0.0722 e. The van der Waals surface area contributed by atoms with Crippen LogP contribution in [-0.4, -0.2) is 20.5 Å². The van der Waals surface area contributed by atoms with Gasteiger partial charge in [0, 0.05) is 19.2 Å². The highest BCUT2D eigenvalue weighted by Crippen LogP contribution is 2.32. The lowest BCUT2D eigenvalue weighted by atomic mass is 9.75. The molecule has 1 heterocycles. The van der Waals surface area contributed by atoms with Crippen LogP contribution in [0.5, 0.6) is 0 Å². The van der Waals surface area contributed by atoms with Crippen molar-refractivity contribution in [2.24, 2.45) is 12.5 Å². The van der Waals surface area contributed by atoms with Crippen LogP contribution in [0.2, 0.25) is 0 Å². The molecule has 1 N–H and O–H groups in total. The number of rotatable bonds is 2. The van der Waals surface area contributed by atoms with Crippen molar-refractivity contribution < 1.29 is 5.11 Å². The predicted octanol–water partition coefficient (Wildman–Crippen LogP) is 2.07. The van der Waals surface area contributed by atoms with E-state index >= 15 is 0 Å². The third kappa shape index (κ3) is 2.59. The second kappa shape index (κ2) is 3.63. The summed E-state index contributed by atoms with van der Waals surface area (Å²) < 4.78 is 1.84.